The Morgan fingerprint density at radius 1 is 1.20 bits per heavy atom. The fourth-order valence-electron chi connectivity index (χ4n) is 1.20. The van der Waals surface area contributed by atoms with Gasteiger partial charge in [0.2, 0.25) is 0 Å². The molecule has 0 N–H and O–H groups in total. The predicted octanol–water partition coefficient (Wildman–Crippen LogP) is 2.49. The predicted molar refractivity (Wildman–Crippen MR) is 52.6 cm³/mol. The minimum Gasteiger partial charge on any atom is -0.299 e. The molecule has 0 aromatic rings. The first kappa shape index (κ1) is 14.4. The minimum absolute atomic E-state index is 0.0943. The first-order valence-corrected chi connectivity index (χ1v) is 4.88. The van der Waals surface area contributed by atoms with Crippen LogP contribution in [-0.2, 0) is 4.79 Å². The Morgan fingerprint density at radius 3 is 1.93 bits per heavy atom. The van der Waals surface area contributed by atoms with Gasteiger partial charge in [-0.2, -0.15) is 13.2 Å². The highest BCUT2D eigenvalue weighted by atomic mass is 19.4. The van der Waals surface area contributed by atoms with Crippen LogP contribution in [0.15, 0.2) is 0 Å². The summed E-state index contributed by atoms with van der Waals surface area (Å²) in [6.45, 7) is 5.85. The number of halogens is 3. The maximum Gasteiger partial charge on any atom is 0.401 e. The summed E-state index contributed by atoms with van der Waals surface area (Å²) >= 11 is 0. The zero-order valence-electron chi connectivity index (χ0n) is 9.61. The summed E-state index contributed by atoms with van der Waals surface area (Å²) in [6, 6.07) is 0. The van der Waals surface area contributed by atoms with Crippen LogP contribution in [0.5, 0.6) is 0 Å². The van der Waals surface area contributed by atoms with Gasteiger partial charge in [-0.1, -0.05) is 20.8 Å². The number of Topliss-reactive ketones (excluding diaryl/α,β-unsaturated/α-hetero) is 1. The molecular formula is C10H18F3NO. The van der Waals surface area contributed by atoms with Crippen molar-refractivity contribution in [1.29, 1.82) is 0 Å². The lowest BCUT2D eigenvalue weighted by molar-refractivity contribution is -0.150. The van der Waals surface area contributed by atoms with E-state index in [1.807, 2.05) is 0 Å². The standard InChI is InChI=1S/C10H18F3NO/c1-5-14(7-10(11,12)13)6-9(3,4)8(2)15/h5-7H2,1-4H3. The molecule has 0 radical (unpaired) electrons. The van der Waals surface area contributed by atoms with Gasteiger partial charge in [-0.15, -0.1) is 0 Å². The van der Waals surface area contributed by atoms with E-state index in [-0.39, 0.29) is 18.9 Å². The average molecular weight is 225 g/mol. The summed E-state index contributed by atoms with van der Waals surface area (Å²) in [7, 11) is 0. The van der Waals surface area contributed by atoms with E-state index in [2.05, 4.69) is 0 Å². The van der Waals surface area contributed by atoms with Gasteiger partial charge >= 0.3 is 6.18 Å². The Hall–Kier alpha value is -0.580. The van der Waals surface area contributed by atoms with E-state index in [0.29, 0.717) is 0 Å². The van der Waals surface area contributed by atoms with Crippen molar-refractivity contribution in [3.05, 3.63) is 0 Å². The zero-order valence-corrected chi connectivity index (χ0v) is 9.61. The number of alkyl halides is 3. The van der Waals surface area contributed by atoms with E-state index in [4.69, 9.17) is 0 Å². The summed E-state index contributed by atoms with van der Waals surface area (Å²) < 4.78 is 36.4. The molecule has 0 saturated carbocycles. The number of ketones is 1. The molecule has 0 aliphatic rings. The van der Waals surface area contributed by atoms with E-state index in [9.17, 15) is 18.0 Å². The molecule has 0 saturated heterocycles. The largest absolute Gasteiger partial charge is 0.401 e. The van der Waals surface area contributed by atoms with Crippen molar-refractivity contribution >= 4 is 5.78 Å². The number of nitrogens with zero attached hydrogens (tertiary/aromatic N) is 1. The lowest BCUT2D eigenvalue weighted by Crippen LogP contribution is -2.42. The fraction of sp³-hybridized carbons (Fsp3) is 0.900. The molecule has 0 aliphatic carbocycles. The van der Waals surface area contributed by atoms with Gasteiger partial charge in [0.25, 0.3) is 0 Å². The van der Waals surface area contributed by atoms with E-state index in [0.717, 1.165) is 0 Å². The summed E-state index contributed by atoms with van der Waals surface area (Å²) in [5.74, 6) is -0.0943. The van der Waals surface area contributed by atoms with Gasteiger partial charge in [0, 0.05) is 12.0 Å². The molecular weight excluding hydrogens is 207 g/mol. The van der Waals surface area contributed by atoms with Crippen LogP contribution in [0, 0.1) is 5.41 Å². The molecule has 0 heterocycles. The maximum atomic E-state index is 12.1. The quantitative estimate of drug-likeness (QED) is 0.716. The molecule has 0 spiro atoms. The molecule has 15 heavy (non-hydrogen) atoms. The molecule has 0 aromatic carbocycles. The highest BCUT2D eigenvalue weighted by Crippen LogP contribution is 2.22. The average Bonchev–Trinajstić information content (AvgIpc) is 1.99. The smallest absolute Gasteiger partial charge is 0.299 e. The third-order valence-electron chi connectivity index (χ3n) is 2.42. The van der Waals surface area contributed by atoms with Crippen LogP contribution in [0.1, 0.15) is 27.7 Å². The van der Waals surface area contributed by atoms with Crippen molar-refractivity contribution in [2.24, 2.45) is 5.41 Å². The molecule has 0 aromatic heterocycles. The van der Waals surface area contributed by atoms with Crippen LogP contribution < -0.4 is 0 Å². The van der Waals surface area contributed by atoms with E-state index in [1.165, 1.54) is 11.8 Å². The maximum absolute atomic E-state index is 12.1. The van der Waals surface area contributed by atoms with Crippen LogP contribution in [0.3, 0.4) is 0 Å². The van der Waals surface area contributed by atoms with Crippen molar-refractivity contribution in [2.75, 3.05) is 19.6 Å². The lowest BCUT2D eigenvalue weighted by Gasteiger charge is -2.30. The molecule has 90 valence electrons. The summed E-state index contributed by atoms with van der Waals surface area (Å²) in [6.07, 6.45) is -4.21. The summed E-state index contributed by atoms with van der Waals surface area (Å²) in [4.78, 5) is 12.4. The second kappa shape index (κ2) is 4.96. The number of carbonyl (C=O) groups excluding carboxylic acids is 1. The normalized spacial score (nSPS) is 13.3. The number of rotatable bonds is 5. The zero-order chi connectivity index (χ0) is 12.3. The Morgan fingerprint density at radius 2 is 1.67 bits per heavy atom. The van der Waals surface area contributed by atoms with Crippen LogP contribution in [0.25, 0.3) is 0 Å². The number of carbonyl (C=O) groups is 1. The Labute approximate surface area is 88.4 Å². The van der Waals surface area contributed by atoms with Crippen LogP contribution in [0.4, 0.5) is 13.2 Å². The number of hydrogen-bond donors (Lipinski definition) is 0. The molecule has 0 bridgehead atoms. The molecule has 0 amide bonds. The third-order valence-corrected chi connectivity index (χ3v) is 2.42. The highest BCUT2D eigenvalue weighted by Gasteiger charge is 2.33. The molecule has 0 unspecified atom stereocenters. The Kier molecular flexibility index (Phi) is 4.77. The van der Waals surface area contributed by atoms with Gasteiger partial charge in [-0.25, -0.2) is 0 Å². The molecule has 0 rings (SSSR count). The van der Waals surface area contributed by atoms with Crippen molar-refractivity contribution in [3.8, 4) is 0 Å². The van der Waals surface area contributed by atoms with Gasteiger partial charge in [0.15, 0.2) is 0 Å². The fourth-order valence-corrected chi connectivity index (χ4v) is 1.20. The monoisotopic (exact) mass is 225 g/mol. The topological polar surface area (TPSA) is 20.3 Å². The summed E-state index contributed by atoms with van der Waals surface area (Å²) in [5, 5.41) is 0. The molecule has 0 fully saturated rings. The SMILES string of the molecule is CCN(CC(F)(F)F)CC(C)(C)C(C)=O. The second-order valence-corrected chi connectivity index (χ2v) is 4.36. The lowest BCUT2D eigenvalue weighted by atomic mass is 9.88. The van der Waals surface area contributed by atoms with Crippen molar-refractivity contribution in [1.82, 2.24) is 4.90 Å². The number of hydrogen-bond acceptors (Lipinski definition) is 2. The van der Waals surface area contributed by atoms with Gasteiger partial charge in [0.1, 0.15) is 5.78 Å². The first-order chi connectivity index (χ1) is 6.58. The van der Waals surface area contributed by atoms with Gasteiger partial charge in [-0.05, 0) is 13.5 Å². The molecule has 0 aliphatic heterocycles. The summed E-state index contributed by atoms with van der Waals surface area (Å²) in [5.41, 5.74) is -0.721. The van der Waals surface area contributed by atoms with E-state index in [1.54, 1.807) is 20.8 Å². The van der Waals surface area contributed by atoms with E-state index >= 15 is 0 Å². The van der Waals surface area contributed by atoms with Crippen molar-refractivity contribution < 1.29 is 18.0 Å². The highest BCUT2D eigenvalue weighted by molar-refractivity contribution is 5.81. The van der Waals surface area contributed by atoms with Crippen molar-refractivity contribution in [2.45, 2.75) is 33.9 Å². The van der Waals surface area contributed by atoms with Gasteiger partial charge in [0.05, 0.1) is 6.54 Å². The van der Waals surface area contributed by atoms with Crippen LogP contribution in [-0.4, -0.2) is 36.5 Å². The molecule has 2 nitrogen and oxygen atoms in total. The Bertz CT molecular complexity index is 223. The van der Waals surface area contributed by atoms with Gasteiger partial charge < -0.3 is 0 Å². The van der Waals surface area contributed by atoms with Gasteiger partial charge in [-0.3, -0.25) is 9.69 Å². The third kappa shape index (κ3) is 5.77. The van der Waals surface area contributed by atoms with Crippen molar-refractivity contribution in [3.63, 3.8) is 0 Å². The van der Waals surface area contributed by atoms with E-state index < -0.39 is 18.1 Å². The molecule has 0 atom stereocenters. The van der Waals surface area contributed by atoms with Crippen LogP contribution in [0.2, 0.25) is 0 Å². The molecule has 5 heteroatoms. The minimum atomic E-state index is -4.21. The second-order valence-electron chi connectivity index (χ2n) is 4.36. The Balaban J connectivity index is 4.40. The van der Waals surface area contributed by atoms with Crippen LogP contribution >= 0.6 is 0 Å². The first-order valence-electron chi connectivity index (χ1n) is 4.88.